The van der Waals surface area contributed by atoms with Gasteiger partial charge < -0.3 is 21.8 Å². The van der Waals surface area contributed by atoms with Crippen molar-refractivity contribution in [3.05, 3.63) is 77.3 Å². The number of fused-ring (bicyclic) bond motifs is 2. The van der Waals surface area contributed by atoms with E-state index in [1.165, 1.54) is 0 Å². The van der Waals surface area contributed by atoms with Gasteiger partial charge in [0.2, 0.25) is 5.95 Å². The smallest absolute Gasteiger partial charge is 0.223 e. The van der Waals surface area contributed by atoms with E-state index < -0.39 is 5.92 Å². The van der Waals surface area contributed by atoms with Crippen molar-refractivity contribution in [3.8, 4) is 6.07 Å². The lowest BCUT2D eigenvalue weighted by atomic mass is 9.81. The number of hydrogen-bond donors (Lipinski definition) is 4. The van der Waals surface area contributed by atoms with Gasteiger partial charge in [0.1, 0.15) is 11.6 Å². The molecule has 0 spiro atoms. The Morgan fingerprint density at radius 3 is 2.62 bits per heavy atom. The number of nitrogens with two attached hydrogens (primary N) is 2. The molecule has 29 heavy (non-hydrogen) atoms. The van der Waals surface area contributed by atoms with E-state index in [9.17, 15) is 5.26 Å². The zero-order valence-electron chi connectivity index (χ0n) is 15.2. The molecule has 3 aromatic heterocycles. The minimum atomic E-state index is -0.441. The molecule has 0 fully saturated rings. The van der Waals surface area contributed by atoms with E-state index in [-0.39, 0.29) is 11.8 Å². The predicted molar refractivity (Wildman–Crippen MR) is 111 cm³/mol. The molecule has 1 aromatic carbocycles. The zero-order valence-corrected chi connectivity index (χ0v) is 15.2. The third kappa shape index (κ3) is 2.56. The quantitative estimate of drug-likeness (QED) is 0.418. The molecule has 1 atom stereocenters. The predicted octanol–water partition coefficient (Wildman–Crippen LogP) is 3.01. The average Bonchev–Trinajstić information content (AvgIpc) is 3.17. The molecule has 4 aromatic rings. The Morgan fingerprint density at radius 2 is 1.83 bits per heavy atom. The van der Waals surface area contributed by atoms with Crippen molar-refractivity contribution < 1.29 is 0 Å². The number of aromatic amines is 1. The third-order valence-corrected chi connectivity index (χ3v) is 5.10. The van der Waals surface area contributed by atoms with E-state index in [1.54, 1.807) is 12.4 Å². The zero-order chi connectivity index (χ0) is 20.0. The number of aromatic nitrogens is 4. The Balaban J connectivity index is 1.83. The van der Waals surface area contributed by atoms with Crippen LogP contribution >= 0.6 is 0 Å². The summed E-state index contributed by atoms with van der Waals surface area (Å²) in [5.74, 6) is 0.369. The Labute approximate surface area is 165 Å². The van der Waals surface area contributed by atoms with Gasteiger partial charge in [0.15, 0.2) is 0 Å². The van der Waals surface area contributed by atoms with E-state index in [0.717, 1.165) is 22.0 Å². The van der Waals surface area contributed by atoms with Crippen LogP contribution in [0.2, 0.25) is 0 Å². The van der Waals surface area contributed by atoms with Crippen molar-refractivity contribution >= 4 is 34.2 Å². The first-order valence-corrected chi connectivity index (χ1v) is 8.98. The van der Waals surface area contributed by atoms with Crippen molar-refractivity contribution in [1.82, 2.24) is 19.9 Å². The summed E-state index contributed by atoms with van der Waals surface area (Å²) >= 11 is 0. The van der Waals surface area contributed by atoms with Crippen LogP contribution in [0.1, 0.15) is 22.6 Å². The van der Waals surface area contributed by atoms with Gasteiger partial charge in [0.05, 0.1) is 23.3 Å². The van der Waals surface area contributed by atoms with Gasteiger partial charge in [-0.2, -0.15) is 15.2 Å². The lowest BCUT2D eigenvalue weighted by molar-refractivity contribution is 0.938. The lowest BCUT2D eigenvalue weighted by Gasteiger charge is -2.29. The van der Waals surface area contributed by atoms with Crippen LogP contribution in [0.3, 0.4) is 0 Å². The molecule has 1 aliphatic rings. The highest BCUT2D eigenvalue weighted by molar-refractivity contribution is 5.99. The molecule has 0 amide bonds. The van der Waals surface area contributed by atoms with Gasteiger partial charge in [-0.1, -0.05) is 18.2 Å². The van der Waals surface area contributed by atoms with Crippen LogP contribution in [0.25, 0.3) is 16.6 Å². The van der Waals surface area contributed by atoms with Gasteiger partial charge in [0.25, 0.3) is 0 Å². The van der Waals surface area contributed by atoms with Gasteiger partial charge >= 0.3 is 0 Å². The Hall–Kier alpha value is -4.38. The van der Waals surface area contributed by atoms with Crippen molar-refractivity contribution in [1.29, 1.82) is 5.26 Å². The van der Waals surface area contributed by atoms with Crippen LogP contribution < -0.4 is 16.8 Å². The molecule has 6 N–H and O–H groups in total. The molecule has 140 valence electrons. The summed E-state index contributed by atoms with van der Waals surface area (Å²) < 4.78 is 0. The van der Waals surface area contributed by atoms with E-state index in [1.807, 2.05) is 42.6 Å². The van der Waals surface area contributed by atoms with Crippen molar-refractivity contribution in [2.45, 2.75) is 5.92 Å². The number of para-hydroxylation sites is 1. The summed E-state index contributed by atoms with van der Waals surface area (Å²) in [5, 5.41) is 14.4. The Bertz CT molecular complexity index is 1310. The highest BCUT2D eigenvalue weighted by Crippen LogP contribution is 2.46. The number of nitrogens with zero attached hydrogens (tertiary/aromatic N) is 4. The molecular weight excluding hydrogens is 364 g/mol. The monoisotopic (exact) mass is 380 g/mol. The second kappa shape index (κ2) is 6.35. The summed E-state index contributed by atoms with van der Waals surface area (Å²) in [5.41, 5.74) is 16.6. The Kier molecular flexibility index (Phi) is 3.67. The number of nitrogens with one attached hydrogen (secondary N) is 2. The number of H-pyrrole nitrogens is 1. The summed E-state index contributed by atoms with van der Waals surface area (Å²) in [7, 11) is 0. The van der Waals surface area contributed by atoms with Crippen molar-refractivity contribution in [2.75, 3.05) is 16.8 Å². The SMILES string of the molecule is N#CC1=C(c2c[nH]c3ccccc23)Nc2nc(N)nc(N)c2C1c1ccncc1. The minimum Gasteiger partial charge on any atom is -0.383 e. The van der Waals surface area contributed by atoms with Crippen LogP contribution in [0, 0.1) is 11.3 Å². The molecular formula is C21H16N8. The average molecular weight is 380 g/mol. The van der Waals surface area contributed by atoms with E-state index in [4.69, 9.17) is 11.5 Å². The number of hydrogen-bond acceptors (Lipinski definition) is 7. The third-order valence-electron chi connectivity index (χ3n) is 5.10. The number of allylic oxidation sites excluding steroid dienone is 1. The lowest BCUT2D eigenvalue weighted by Crippen LogP contribution is -2.21. The molecule has 0 bridgehead atoms. The molecule has 0 radical (unpaired) electrons. The van der Waals surface area contributed by atoms with E-state index in [2.05, 4.69) is 31.3 Å². The van der Waals surface area contributed by atoms with Crippen molar-refractivity contribution in [2.24, 2.45) is 0 Å². The van der Waals surface area contributed by atoms with Crippen molar-refractivity contribution in [3.63, 3.8) is 0 Å². The van der Waals surface area contributed by atoms with Gasteiger partial charge in [-0.3, -0.25) is 4.98 Å². The maximum atomic E-state index is 10.2. The number of nitriles is 1. The Morgan fingerprint density at radius 1 is 1.03 bits per heavy atom. The number of pyridine rings is 1. The largest absolute Gasteiger partial charge is 0.383 e. The van der Waals surface area contributed by atoms with E-state index in [0.29, 0.717) is 22.7 Å². The first-order chi connectivity index (χ1) is 14.2. The number of anilines is 3. The standard InChI is InChI=1S/C21H16N8/c22-9-13-16(11-5-7-25-8-6-11)17-19(23)28-21(24)29-20(17)27-18(13)14-10-26-15-4-2-1-3-12(14)15/h1-8,10,16,26H,(H5,23,24,27,28,29). The van der Waals surface area contributed by atoms with Gasteiger partial charge in [-0.05, 0) is 23.8 Å². The summed E-state index contributed by atoms with van der Waals surface area (Å²) in [6.45, 7) is 0. The molecule has 4 heterocycles. The second-order valence-corrected chi connectivity index (χ2v) is 6.72. The fraction of sp³-hybridized carbons (Fsp3) is 0.0476. The van der Waals surface area contributed by atoms with Crippen LogP contribution in [-0.2, 0) is 0 Å². The molecule has 1 aliphatic heterocycles. The number of benzene rings is 1. The number of rotatable bonds is 2. The number of nitrogen functional groups attached to an aromatic ring is 2. The van der Waals surface area contributed by atoms with Crippen LogP contribution in [0.15, 0.2) is 60.6 Å². The van der Waals surface area contributed by atoms with Crippen LogP contribution in [0.4, 0.5) is 17.6 Å². The second-order valence-electron chi connectivity index (χ2n) is 6.72. The first kappa shape index (κ1) is 16.8. The highest BCUT2D eigenvalue weighted by Gasteiger charge is 2.34. The van der Waals surface area contributed by atoms with Gasteiger partial charge in [-0.15, -0.1) is 0 Å². The molecule has 1 unspecified atom stereocenters. The van der Waals surface area contributed by atoms with E-state index >= 15 is 0 Å². The molecule has 5 rings (SSSR count). The molecule has 8 heteroatoms. The summed E-state index contributed by atoms with van der Waals surface area (Å²) in [6, 6.07) is 14.0. The fourth-order valence-electron chi connectivity index (χ4n) is 3.86. The van der Waals surface area contributed by atoms with Gasteiger partial charge in [-0.25, -0.2) is 0 Å². The maximum Gasteiger partial charge on any atom is 0.223 e. The molecule has 0 aliphatic carbocycles. The van der Waals surface area contributed by atoms with Gasteiger partial charge in [0, 0.05) is 40.6 Å². The highest BCUT2D eigenvalue weighted by atomic mass is 15.1. The molecule has 0 saturated heterocycles. The maximum absolute atomic E-state index is 10.2. The summed E-state index contributed by atoms with van der Waals surface area (Å²) in [6.07, 6.45) is 5.25. The molecule has 8 nitrogen and oxygen atoms in total. The normalized spacial score (nSPS) is 15.6. The van der Waals surface area contributed by atoms with Crippen LogP contribution in [-0.4, -0.2) is 19.9 Å². The topological polar surface area (TPSA) is 142 Å². The van der Waals surface area contributed by atoms with Crippen LogP contribution in [0.5, 0.6) is 0 Å². The molecule has 0 saturated carbocycles. The summed E-state index contributed by atoms with van der Waals surface area (Å²) in [4.78, 5) is 15.8. The first-order valence-electron chi connectivity index (χ1n) is 8.98. The minimum absolute atomic E-state index is 0.0703. The fourth-order valence-corrected chi connectivity index (χ4v) is 3.86.